The van der Waals surface area contributed by atoms with Gasteiger partial charge in [-0.15, -0.1) is 0 Å². The standard InChI is InChI=1S/C16H24N2O3/c1-18-12-3-2-4-13(18)8-11(7-12)17-9-10-5-6-14(19)16(21)15(10)20/h5-6,11-13,17,19-21H,2-4,7-9H2,1H3. The highest BCUT2D eigenvalue weighted by Gasteiger charge is 2.35. The van der Waals surface area contributed by atoms with Crippen LogP contribution in [0.2, 0.25) is 0 Å². The first-order valence-electron chi connectivity index (χ1n) is 7.74. The van der Waals surface area contributed by atoms with E-state index < -0.39 is 5.75 Å². The minimum absolute atomic E-state index is 0.226. The summed E-state index contributed by atoms with van der Waals surface area (Å²) >= 11 is 0. The lowest BCUT2D eigenvalue weighted by Gasteiger charge is -2.47. The van der Waals surface area contributed by atoms with Gasteiger partial charge in [-0.2, -0.15) is 0 Å². The molecule has 5 heteroatoms. The molecule has 0 aromatic heterocycles. The quantitative estimate of drug-likeness (QED) is 0.640. The van der Waals surface area contributed by atoms with Gasteiger partial charge >= 0.3 is 0 Å². The van der Waals surface area contributed by atoms with Crippen molar-refractivity contribution in [3.05, 3.63) is 17.7 Å². The zero-order chi connectivity index (χ0) is 15.0. The van der Waals surface area contributed by atoms with Gasteiger partial charge in [0.15, 0.2) is 11.5 Å². The number of phenolic OH excluding ortho intramolecular Hbond substituents is 3. The van der Waals surface area contributed by atoms with Gasteiger partial charge in [-0.25, -0.2) is 0 Å². The third-order valence-electron chi connectivity index (χ3n) is 5.13. The summed E-state index contributed by atoms with van der Waals surface area (Å²) in [7, 11) is 2.23. The highest BCUT2D eigenvalue weighted by molar-refractivity contribution is 5.53. The molecule has 1 aromatic carbocycles. The third kappa shape index (κ3) is 2.80. The summed E-state index contributed by atoms with van der Waals surface area (Å²) in [5.41, 5.74) is 0.620. The first-order chi connectivity index (χ1) is 10.1. The first kappa shape index (κ1) is 14.5. The largest absolute Gasteiger partial charge is 0.504 e. The van der Waals surface area contributed by atoms with Crippen molar-refractivity contribution >= 4 is 0 Å². The second-order valence-electron chi connectivity index (χ2n) is 6.39. The van der Waals surface area contributed by atoms with Crippen molar-refractivity contribution in [1.29, 1.82) is 0 Å². The number of piperidine rings is 2. The number of rotatable bonds is 3. The van der Waals surface area contributed by atoms with Gasteiger partial charge in [0, 0.05) is 30.2 Å². The summed E-state index contributed by atoms with van der Waals surface area (Å²) in [4.78, 5) is 2.52. The molecule has 2 atom stereocenters. The average molecular weight is 292 g/mol. The van der Waals surface area contributed by atoms with Gasteiger partial charge in [0.1, 0.15) is 0 Å². The molecule has 0 amide bonds. The zero-order valence-corrected chi connectivity index (χ0v) is 12.4. The summed E-state index contributed by atoms with van der Waals surface area (Å²) in [5, 5.41) is 32.2. The number of nitrogens with zero attached hydrogens (tertiary/aromatic N) is 1. The highest BCUT2D eigenvalue weighted by atomic mass is 16.3. The van der Waals surface area contributed by atoms with Gasteiger partial charge in [0.25, 0.3) is 0 Å². The molecular formula is C16H24N2O3. The molecule has 2 saturated heterocycles. The maximum absolute atomic E-state index is 9.85. The summed E-state index contributed by atoms with van der Waals surface area (Å²) in [6.07, 6.45) is 6.15. The zero-order valence-electron chi connectivity index (χ0n) is 12.4. The van der Waals surface area contributed by atoms with Gasteiger partial charge in [-0.3, -0.25) is 0 Å². The van der Waals surface area contributed by atoms with Crippen molar-refractivity contribution < 1.29 is 15.3 Å². The Labute approximate surface area is 125 Å². The van der Waals surface area contributed by atoms with Crippen molar-refractivity contribution in [2.45, 2.75) is 56.8 Å². The smallest absolute Gasteiger partial charge is 0.200 e. The van der Waals surface area contributed by atoms with Gasteiger partial charge in [0.05, 0.1) is 0 Å². The van der Waals surface area contributed by atoms with Crippen molar-refractivity contribution in [3.8, 4) is 17.2 Å². The lowest BCUT2D eigenvalue weighted by Crippen LogP contribution is -2.54. The van der Waals surface area contributed by atoms with Gasteiger partial charge < -0.3 is 25.5 Å². The van der Waals surface area contributed by atoms with Gasteiger partial charge in [-0.05, 0) is 38.8 Å². The van der Waals surface area contributed by atoms with Crippen LogP contribution in [0, 0.1) is 0 Å². The fourth-order valence-electron chi connectivity index (χ4n) is 3.79. The number of hydrogen-bond donors (Lipinski definition) is 4. The maximum atomic E-state index is 9.85. The number of phenols is 3. The predicted molar refractivity (Wildman–Crippen MR) is 80.5 cm³/mol. The second kappa shape index (κ2) is 5.73. The molecular weight excluding hydrogens is 268 g/mol. The molecule has 5 nitrogen and oxygen atoms in total. The molecule has 1 aromatic rings. The van der Waals surface area contributed by atoms with Crippen molar-refractivity contribution in [2.75, 3.05) is 7.05 Å². The molecule has 4 N–H and O–H groups in total. The summed E-state index contributed by atoms with van der Waals surface area (Å²) < 4.78 is 0. The average Bonchev–Trinajstić information content (AvgIpc) is 2.45. The van der Waals surface area contributed by atoms with Crippen LogP contribution in [-0.2, 0) is 6.54 Å². The molecule has 2 unspecified atom stereocenters. The van der Waals surface area contributed by atoms with Crippen LogP contribution in [0.5, 0.6) is 17.2 Å². The molecule has 0 radical (unpaired) electrons. The number of fused-ring (bicyclic) bond motifs is 2. The number of benzene rings is 1. The van der Waals surface area contributed by atoms with E-state index in [9.17, 15) is 15.3 Å². The Morgan fingerprint density at radius 2 is 1.76 bits per heavy atom. The number of aromatic hydroxyl groups is 3. The lowest BCUT2D eigenvalue weighted by atomic mass is 9.82. The van der Waals surface area contributed by atoms with E-state index >= 15 is 0 Å². The monoisotopic (exact) mass is 292 g/mol. The fraction of sp³-hybridized carbons (Fsp3) is 0.625. The molecule has 0 saturated carbocycles. The van der Waals surface area contributed by atoms with E-state index in [1.165, 1.54) is 25.3 Å². The first-order valence-corrected chi connectivity index (χ1v) is 7.74. The third-order valence-corrected chi connectivity index (χ3v) is 5.13. The Hall–Kier alpha value is -1.46. The number of nitrogens with one attached hydrogen (secondary N) is 1. The van der Waals surface area contributed by atoms with Crippen molar-refractivity contribution in [1.82, 2.24) is 10.2 Å². The molecule has 2 bridgehead atoms. The van der Waals surface area contributed by atoms with E-state index in [1.807, 2.05) is 0 Å². The Morgan fingerprint density at radius 3 is 2.43 bits per heavy atom. The molecule has 2 heterocycles. The molecule has 21 heavy (non-hydrogen) atoms. The van der Waals surface area contributed by atoms with Crippen LogP contribution in [0.1, 0.15) is 37.7 Å². The maximum Gasteiger partial charge on any atom is 0.200 e. The van der Waals surface area contributed by atoms with Gasteiger partial charge in [0.2, 0.25) is 5.75 Å². The summed E-state index contributed by atoms with van der Waals surface area (Å²) in [6.45, 7) is 0.507. The highest BCUT2D eigenvalue weighted by Crippen LogP contribution is 2.37. The predicted octanol–water partition coefficient (Wildman–Crippen LogP) is 1.91. The molecule has 2 aliphatic rings. The van der Waals surface area contributed by atoms with E-state index in [1.54, 1.807) is 6.07 Å². The van der Waals surface area contributed by atoms with Crippen LogP contribution < -0.4 is 5.32 Å². The van der Waals surface area contributed by atoms with E-state index in [-0.39, 0.29) is 11.5 Å². The van der Waals surface area contributed by atoms with Crippen molar-refractivity contribution in [2.24, 2.45) is 0 Å². The Kier molecular flexibility index (Phi) is 3.95. The fourth-order valence-corrected chi connectivity index (χ4v) is 3.79. The summed E-state index contributed by atoms with van der Waals surface area (Å²) in [5.74, 6) is -0.949. The molecule has 2 fully saturated rings. The van der Waals surface area contributed by atoms with Crippen molar-refractivity contribution in [3.63, 3.8) is 0 Å². The van der Waals surface area contributed by atoms with E-state index in [2.05, 4.69) is 17.3 Å². The van der Waals surface area contributed by atoms with E-state index in [4.69, 9.17) is 0 Å². The Morgan fingerprint density at radius 1 is 1.10 bits per heavy atom. The molecule has 2 aliphatic heterocycles. The Balaban J connectivity index is 1.62. The summed E-state index contributed by atoms with van der Waals surface area (Å²) in [6, 6.07) is 4.84. The molecule has 116 valence electrons. The minimum Gasteiger partial charge on any atom is -0.504 e. The number of hydrogen-bond acceptors (Lipinski definition) is 5. The van der Waals surface area contributed by atoms with Crippen LogP contribution in [-0.4, -0.2) is 45.4 Å². The minimum atomic E-state index is -0.436. The molecule has 0 spiro atoms. The topological polar surface area (TPSA) is 76.0 Å². The Bertz CT molecular complexity index is 506. The van der Waals surface area contributed by atoms with Gasteiger partial charge in [-0.1, -0.05) is 12.5 Å². The van der Waals surface area contributed by atoms with Crippen LogP contribution >= 0.6 is 0 Å². The van der Waals surface area contributed by atoms with E-state index in [0.717, 1.165) is 12.8 Å². The lowest BCUT2D eigenvalue weighted by molar-refractivity contribution is 0.0482. The van der Waals surface area contributed by atoms with Crippen LogP contribution in [0.25, 0.3) is 0 Å². The van der Waals surface area contributed by atoms with E-state index in [0.29, 0.717) is 30.2 Å². The second-order valence-corrected chi connectivity index (χ2v) is 6.39. The van der Waals surface area contributed by atoms with Crippen LogP contribution in [0.4, 0.5) is 0 Å². The normalized spacial score (nSPS) is 29.5. The molecule has 3 rings (SSSR count). The molecule has 0 aliphatic carbocycles. The van der Waals surface area contributed by atoms with Crippen LogP contribution in [0.15, 0.2) is 12.1 Å². The SMILES string of the molecule is CN1C2CCCC1CC(NCc1ccc(O)c(O)c1O)C2. The van der Waals surface area contributed by atoms with Crippen LogP contribution in [0.3, 0.4) is 0 Å².